The van der Waals surface area contributed by atoms with Crippen molar-refractivity contribution < 1.29 is 23.8 Å². The first kappa shape index (κ1) is 29.3. The van der Waals surface area contributed by atoms with Crippen LogP contribution < -0.4 is 4.74 Å². The normalized spacial score (nSPS) is 10.7. The van der Waals surface area contributed by atoms with Crippen molar-refractivity contribution in [3.8, 4) is 5.75 Å². The molecule has 6 heteroatoms. The van der Waals surface area contributed by atoms with Gasteiger partial charge >= 0.3 is 11.9 Å². The third-order valence-corrected chi connectivity index (χ3v) is 5.78. The minimum Gasteiger partial charge on any atom is -0.488 e. The van der Waals surface area contributed by atoms with Gasteiger partial charge in [0.25, 0.3) is 0 Å². The van der Waals surface area contributed by atoms with Gasteiger partial charge in [0.05, 0.1) is 11.6 Å². The molecule has 0 unspecified atom stereocenters. The standard InChI is InChI=1S/C27H43ClO5/c1-2-3-4-5-8-11-16-21-32-26(29)19-12-9-6-7-10-13-20-27(30)33-23-22-31-25-18-15-14-17-24(25)28/h14-15,17-18H,2-13,16,19-23H2,1H3. The maximum Gasteiger partial charge on any atom is 0.305 e. The minimum atomic E-state index is -0.193. The van der Waals surface area contributed by atoms with Gasteiger partial charge in [-0.25, -0.2) is 0 Å². The molecule has 1 rings (SSSR count). The zero-order chi connectivity index (χ0) is 24.0. The van der Waals surface area contributed by atoms with E-state index in [0.29, 0.717) is 30.2 Å². The van der Waals surface area contributed by atoms with Crippen LogP contribution in [0.2, 0.25) is 5.02 Å². The van der Waals surface area contributed by atoms with Crippen LogP contribution in [0.3, 0.4) is 0 Å². The Bertz CT molecular complexity index is 635. The fourth-order valence-corrected chi connectivity index (χ4v) is 3.69. The van der Waals surface area contributed by atoms with Gasteiger partial charge in [0.2, 0.25) is 0 Å². The molecule has 1 aromatic rings. The van der Waals surface area contributed by atoms with E-state index in [0.717, 1.165) is 51.4 Å². The van der Waals surface area contributed by atoms with Gasteiger partial charge in [0, 0.05) is 12.8 Å². The van der Waals surface area contributed by atoms with Crippen molar-refractivity contribution >= 4 is 23.5 Å². The van der Waals surface area contributed by atoms with E-state index in [4.69, 9.17) is 25.8 Å². The van der Waals surface area contributed by atoms with Gasteiger partial charge in [-0.05, 0) is 31.4 Å². The zero-order valence-electron chi connectivity index (χ0n) is 20.5. The number of carbonyl (C=O) groups is 2. The largest absolute Gasteiger partial charge is 0.488 e. The number of halogens is 1. The number of hydrogen-bond donors (Lipinski definition) is 0. The number of carbonyl (C=O) groups excluding carboxylic acids is 2. The summed E-state index contributed by atoms with van der Waals surface area (Å²) in [6.45, 7) is 3.30. The fraction of sp³-hybridized carbons (Fsp3) is 0.704. The molecule has 1 aromatic carbocycles. The summed E-state index contributed by atoms with van der Waals surface area (Å²) in [5.41, 5.74) is 0. The topological polar surface area (TPSA) is 61.8 Å². The van der Waals surface area contributed by atoms with E-state index in [2.05, 4.69) is 6.92 Å². The van der Waals surface area contributed by atoms with Crippen LogP contribution in [0.25, 0.3) is 0 Å². The van der Waals surface area contributed by atoms with E-state index in [9.17, 15) is 9.59 Å². The lowest BCUT2D eigenvalue weighted by Crippen LogP contribution is -2.12. The molecule has 5 nitrogen and oxygen atoms in total. The smallest absolute Gasteiger partial charge is 0.305 e. The van der Waals surface area contributed by atoms with Crippen molar-refractivity contribution in [1.82, 2.24) is 0 Å². The molecule has 0 aliphatic carbocycles. The number of unbranched alkanes of at least 4 members (excludes halogenated alkanes) is 11. The van der Waals surface area contributed by atoms with Gasteiger partial charge in [-0.2, -0.15) is 0 Å². The van der Waals surface area contributed by atoms with Gasteiger partial charge in [-0.1, -0.05) is 94.9 Å². The SMILES string of the molecule is CCCCCCCCCOC(=O)CCCCCCCCC(=O)OCCOc1ccccc1Cl. The maximum atomic E-state index is 11.8. The number of esters is 2. The molecule has 0 saturated carbocycles. The summed E-state index contributed by atoms with van der Waals surface area (Å²) < 4.78 is 16.0. The van der Waals surface area contributed by atoms with E-state index in [-0.39, 0.29) is 25.2 Å². The highest BCUT2D eigenvalue weighted by atomic mass is 35.5. The second-order valence-electron chi connectivity index (χ2n) is 8.46. The number of hydrogen-bond acceptors (Lipinski definition) is 5. The van der Waals surface area contributed by atoms with E-state index >= 15 is 0 Å². The number of ether oxygens (including phenoxy) is 3. The molecule has 0 N–H and O–H groups in total. The molecule has 33 heavy (non-hydrogen) atoms. The third-order valence-electron chi connectivity index (χ3n) is 5.46. The van der Waals surface area contributed by atoms with Gasteiger partial charge in [0.1, 0.15) is 19.0 Å². The van der Waals surface area contributed by atoms with Gasteiger partial charge in [-0.3, -0.25) is 9.59 Å². The van der Waals surface area contributed by atoms with Crippen molar-refractivity contribution in [2.75, 3.05) is 19.8 Å². The maximum absolute atomic E-state index is 11.8. The van der Waals surface area contributed by atoms with Crippen LogP contribution in [0.1, 0.15) is 103 Å². The van der Waals surface area contributed by atoms with Crippen molar-refractivity contribution in [3.05, 3.63) is 29.3 Å². The van der Waals surface area contributed by atoms with E-state index in [1.807, 2.05) is 12.1 Å². The average Bonchev–Trinajstić information content (AvgIpc) is 2.81. The molecule has 188 valence electrons. The highest BCUT2D eigenvalue weighted by molar-refractivity contribution is 6.32. The van der Waals surface area contributed by atoms with E-state index in [1.165, 1.54) is 32.1 Å². The van der Waals surface area contributed by atoms with E-state index in [1.54, 1.807) is 12.1 Å². The molecular formula is C27H43ClO5. The zero-order valence-corrected chi connectivity index (χ0v) is 21.2. The van der Waals surface area contributed by atoms with Crippen LogP contribution in [0.5, 0.6) is 5.75 Å². The molecule has 0 atom stereocenters. The van der Waals surface area contributed by atoms with Crippen LogP contribution in [0.4, 0.5) is 0 Å². The second kappa shape index (κ2) is 20.8. The van der Waals surface area contributed by atoms with Crippen molar-refractivity contribution in [2.24, 2.45) is 0 Å². The molecule has 0 amide bonds. The third kappa shape index (κ3) is 17.4. The average molecular weight is 483 g/mol. The Labute approximate surface area is 205 Å². The van der Waals surface area contributed by atoms with Crippen LogP contribution in [-0.2, 0) is 19.1 Å². The molecule has 0 bridgehead atoms. The summed E-state index contributed by atoms with van der Waals surface area (Å²) in [6.07, 6.45) is 15.4. The number of para-hydroxylation sites is 1. The quantitative estimate of drug-likeness (QED) is 0.133. The first-order valence-electron chi connectivity index (χ1n) is 12.8. The fourth-order valence-electron chi connectivity index (χ4n) is 3.50. The molecular weight excluding hydrogens is 440 g/mol. The summed E-state index contributed by atoms with van der Waals surface area (Å²) in [4.78, 5) is 23.5. The molecule has 0 aliphatic rings. The summed E-state index contributed by atoms with van der Waals surface area (Å²) >= 11 is 6.00. The molecule has 0 radical (unpaired) electrons. The Morgan fingerprint density at radius 2 is 1.18 bits per heavy atom. The lowest BCUT2D eigenvalue weighted by Gasteiger charge is -2.08. The Kier molecular flexibility index (Phi) is 18.5. The van der Waals surface area contributed by atoms with Gasteiger partial charge < -0.3 is 14.2 Å². The molecule has 0 spiro atoms. The van der Waals surface area contributed by atoms with Crippen LogP contribution in [-0.4, -0.2) is 31.8 Å². The number of rotatable bonds is 21. The second-order valence-corrected chi connectivity index (χ2v) is 8.87. The Hall–Kier alpha value is -1.75. The van der Waals surface area contributed by atoms with Crippen molar-refractivity contribution in [2.45, 2.75) is 103 Å². The first-order chi connectivity index (χ1) is 16.1. The number of benzene rings is 1. The highest BCUT2D eigenvalue weighted by Gasteiger charge is 2.05. The molecule has 0 fully saturated rings. The van der Waals surface area contributed by atoms with Crippen molar-refractivity contribution in [1.29, 1.82) is 0 Å². The Balaban J connectivity index is 1.83. The summed E-state index contributed by atoms with van der Waals surface area (Å²) in [5.74, 6) is 0.334. The predicted molar refractivity (Wildman–Crippen MR) is 134 cm³/mol. The lowest BCUT2D eigenvalue weighted by atomic mass is 10.1. The highest BCUT2D eigenvalue weighted by Crippen LogP contribution is 2.22. The van der Waals surface area contributed by atoms with Gasteiger partial charge in [-0.15, -0.1) is 0 Å². The minimum absolute atomic E-state index is 0.0674. The Morgan fingerprint density at radius 1 is 0.667 bits per heavy atom. The first-order valence-corrected chi connectivity index (χ1v) is 13.2. The molecule has 0 saturated heterocycles. The van der Waals surface area contributed by atoms with Crippen molar-refractivity contribution in [3.63, 3.8) is 0 Å². The van der Waals surface area contributed by atoms with Crippen LogP contribution >= 0.6 is 11.6 Å². The summed E-state index contributed by atoms with van der Waals surface area (Å²) in [6, 6.07) is 7.22. The summed E-state index contributed by atoms with van der Waals surface area (Å²) in [5, 5.41) is 0.546. The predicted octanol–water partition coefficient (Wildman–Crippen LogP) is 7.68. The molecule has 0 aliphatic heterocycles. The Morgan fingerprint density at radius 3 is 1.79 bits per heavy atom. The molecule has 0 heterocycles. The van der Waals surface area contributed by atoms with Gasteiger partial charge in [0.15, 0.2) is 0 Å². The summed E-state index contributed by atoms with van der Waals surface area (Å²) in [7, 11) is 0. The van der Waals surface area contributed by atoms with Crippen LogP contribution in [0.15, 0.2) is 24.3 Å². The molecule has 0 aromatic heterocycles. The van der Waals surface area contributed by atoms with E-state index < -0.39 is 0 Å². The monoisotopic (exact) mass is 482 g/mol. The van der Waals surface area contributed by atoms with Crippen LogP contribution in [0, 0.1) is 0 Å². The lowest BCUT2D eigenvalue weighted by molar-refractivity contribution is -0.145.